The molecular weight excluding hydrogens is 434 g/mol. The van der Waals surface area contributed by atoms with E-state index in [0.717, 1.165) is 18.2 Å². The molecule has 29 heavy (non-hydrogen) atoms. The number of rotatable bonds is 5. The molecule has 0 saturated carbocycles. The second-order valence-corrected chi connectivity index (χ2v) is 5.90. The van der Waals surface area contributed by atoms with Gasteiger partial charge in [-0.1, -0.05) is 11.6 Å². The fourth-order valence-corrected chi connectivity index (χ4v) is 2.28. The molecule has 2 aromatic rings. The maximum Gasteiger partial charge on any atom is 0.422 e. The van der Waals surface area contributed by atoms with Gasteiger partial charge in [-0.05, 0) is 24.3 Å². The quantitative estimate of drug-likeness (QED) is 0.379. The molecule has 0 unspecified atom stereocenters. The molecule has 0 aliphatic carbocycles. The molecule has 0 heterocycles. The highest BCUT2D eigenvalue weighted by atomic mass is 35.5. The summed E-state index contributed by atoms with van der Waals surface area (Å²) in [6, 6.07) is 4.22. The van der Waals surface area contributed by atoms with Crippen molar-refractivity contribution in [3.05, 3.63) is 62.7 Å². The zero-order valence-corrected chi connectivity index (χ0v) is 14.7. The fourth-order valence-electron chi connectivity index (χ4n) is 2.08. The van der Waals surface area contributed by atoms with Gasteiger partial charge in [0.25, 0.3) is 11.6 Å². The number of amides is 1. The van der Waals surface area contributed by atoms with E-state index in [1.807, 2.05) is 5.32 Å². The van der Waals surface area contributed by atoms with E-state index in [9.17, 15) is 41.3 Å². The normalized spacial score (nSPS) is 11.8. The summed E-state index contributed by atoms with van der Waals surface area (Å²) in [5.41, 5.74) is -2.99. The monoisotopic (exact) mass is 442 g/mol. The summed E-state index contributed by atoms with van der Waals surface area (Å²) in [4.78, 5) is 22.3. The molecule has 2 aromatic carbocycles. The summed E-state index contributed by atoms with van der Waals surface area (Å²) in [7, 11) is 0. The first kappa shape index (κ1) is 22.3. The molecule has 0 bridgehead atoms. The van der Waals surface area contributed by atoms with Gasteiger partial charge in [-0.2, -0.15) is 26.3 Å². The van der Waals surface area contributed by atoms with Crippen LogP contribution in [0.2, 0.25) is 5.02 Å². The Balaban J connectivity index is 2.42. The van der Waals surface area contributed by atoms with E-state index in [4.69, 9.17) is 11.6 Å². The van der Waals surface area contributed by atoms with E-state index >= 15 is 0 Å². The number of carbonyl (C=O) groups is 1. The van der Waals surface area contributed by atoms with Gasteiger partial charge in [0, 0.05) is 12.1 Å². The van der Waals surface area contributed by atoms with Crippen molar-refractivity contribution in [3.63, 3.8) is 0 Å². The number of nitrogens with one attached hydrogen (secondary N) is 1. The minimum Gasteiger partial charge on any atom is -0.482 e. The average molecular weight is 443 g/mol. The molecule has 0 fully saturated rings. The third kappa shape index (κ3) is 5.98. The average Bonchev–Trinajstić information content (AvgIpc) is 2.59. The summed E-state index contributed by atoms with van der Waals surface area (Å²) in [5, 5.41) is 12.5. The number of anilines is 1. The lowest BCUT2D eigenvalue weighted by Crippen LogP contribution is -2.21. The Bertz CT molecular complexity index is 946. The lowest BCUT2D eigenvalue weighted by molar-refractivity contribution is -0.384. The molecule has 1 N–H and O–H groups in total. The first-order valence-corrected chi connectivity index (χ1v) is 7.82. The molecule has 0 aliphatic rings. The number of nitro benzene ring substituents is 1. The number of nitrogens with zero attached hydrogens (tertiary/aromatic N) is 1. The van der Waals surface area contributed by atoms with Gasteiger partial charge >= 0.3 is 12.4 Å². The number of benzene rings is 2. The van der Waals surface area contributed by atoms with Crippen molar-refractivity contribution in [2.75, 3.05) is 11.9 Å². The minimum atomic E-state index is -4.86. The van der Waals surface area contributed by atoms with Crippen molar-refractivity contribution in [3.8, 4) is 5.75 Å². The first-order chi connectivity index (χ1) is 13.3. The Kier molecular flexibility index (Phi) is 6.26. The van der Waals surface area contributed by atoms with E-state index in [0.29, 0.717) is 18.2 Å². The molecule has 0 aliphatic heterocycles. The SMILES string of the molecule is O=C(Nc1cc(C(F)(F)F)ccc1OCC(F)(F)F)c1cc([N+](=O)[O-])ccc1Cl. The second kappa shape index (κ2) is 8.15. The third-order valence-corrected chi connectivity index (χ3v) is 3.68. The standard InChI is InChI=1S/C16H9ClF6N2O4/c17-11-3-2-9(25(27)28)6-10(11)14(26)24-12-5-8(16(21,22)23)1-4-13(12)29-7-15(18,19)20/h1-6H,7H2,(H,24,26). The fraction of sp³-hybridized carbons (Fsp3) is 0.188. The lowest BCUT2D eigenvalue weighted by atomic mass is 10.1. The number of carbonyl (C=O) groups excluding carboxylic acids is 1. The number of halogens is 7. The molecule has 13 heteroatoms. The molecule has 156 valence electrons. The van der Waals surface area contributed by atoms with Crippen LogP contribution in [-0.4, -0.2) is 23.6 Å². The summed E-state index contributed by atoms with van der Waals surface area (Å²) < 4.78 is 80.3. The van der Waals surface area contributed by atoms with Crippen LogP contribution in [0.5, 0.6) is 5.75 Å². The van der Waals surface area contributed by atoms with Crippen LogP contribution >= 0.6 is 11.6 Å². The van der Waals surface area contributed by atoms with Gasteiger partial charge in [-0.15, -0.1) is 0 Å². The topological polar surface area (TPSA) is 81.5 Å². The van der Waals surface area contributed by atoms with Gasteiger partial charge in [0.2, 0.25) is 0 Å². The van der Waals surface area contributed by atoms with Gasteiger partial charge in [-0.25, -0.2) is 0 Å². The van der Waals surface area contributed by atoms with E-state index in [1.165, 1.54) is 0 Å². The molecule has 0 radical (unpaired) electrons. The maximum absolute atomic E-state index is 12.9. The van der Waals surface area contributed by atoms with Crippen LogP contribution in [-0.2, 0) is 6.18 Å². The molecule has 0 spiro atoms. The Morgan fingerprint density at radius 3 is 2.31 bits per heavy atom. The number of hydrogen-bond donors (Lipinski definition) is 1. The van der Waals surface area contributed by atoms with Gasteiger partial charge in [-0.3, -0.25) is 14.9 Å². The van der Waals surface area contributed by atoms with Crippen molar-refractivity contribution in [1.29, 1.82) is 0 Å². The Labute approximate surface area is 163 Å². The number of hydrogen-bond acceptors (Lipinski definition) is 4. The number of nitro groups is 1. The van der Waals surface area contributed by atoms with Crippen molar-refractivity contribution in [1.82, 2.24) is 0 Å². The second-order valence-electron chi connectivity index (χ2n) is 5.49. The zero-order valence-electron chi connectivity index (χ0n) is 13.9. The van der Waals surface area contributed by atoms with Gasteiger partial charge in [0.1, 0.15) is 5.75 Å². The Hall–Kier alpha value is -3.02. The summed E-state index contributed by atoms with van der Waals surface area (Å²) in [5.74, 6) is -1.87. The van der Waals surface area contributed by atoms with E-state index in [1.54, 1.807) is 0 Å². The third-order valence-electron chi connectivity index (χ3n) is 3.35. The van der Waals surface area contributed by atoms with Crippen LogP contribution in [0, 0.1) is 10.1 Å². The molecule has 1 amide bonds. The largest absolute Gasteiger partial charge is 0.482 e. The summed E-state index contributed by atoms with van der Waals surface area (Å²) in [6.07, 6.45) is -9.64. The van der Waals surface area contributed by atoms with Crippen LogP contribution in [0.1, 0.15) is 15.9 Å². The predicted molar refractivity (Wildman–Crippen MR) is 89.1 cm³/mol. The first-order valence-electron chi connectivity index (χ1n) is 7.44. The van der Waals surface area contributed by atoms with Crippen molar-refractivity contribution < 1.29 is 40.8 Å². The lowest BCUT2D eigenvalue weighted by Gasteiger charge is -2.16. The molecule has 0 saturated heterocycles. The highest BCUT2D eigenvalue weighted by Crippen LogP contribution is 2.36. The van der Waals surface area contributed by atoms with Crippen LogP contribution in [0.3, 0.4) is 0 Å². The molecule has 6 nitrogen and oxygen atoms in total. The number of non-ortho nitro benzene ring substituents is 1. The van der Waals surface area contributed by atoms with Crippen molar-refractivity contribution in [2.24, 2.45) is 0 Å². The molecular formula is C16H9ClF6N2O4. The van der Waals surface area contributed by atoms with E-state index in [2.05, 4.69) is 4.74 Å². The highest BCUT2D eigenvalue weighted by molar-refractivity contribution is 6.34. The van der Waals surface area contributed by atoms with Gasteiger partial charge in [0.05, 0.1) is 26.8 Å². The van der Waals surface area contributed by atoms with Gasteiger partial charge < -0.3 is 10.1 Å². The Morgan fingerprint density at radius 2 is 1.76 bits per heavy atom. The van der Waals surface area contributed by atoms with Crippen LogP contribution in [0.4, 0.5) is 37.7 Å². The Morgan fingerprint density at radius 1 is 1.10 bits per heavy atom. The molecule has 2 rings (SSSR count). The smallest absolute Gasteiger partial charge is 0.422 e. The van der Waals surface area contributed by atoms with Crippen LogP contribution in [0.15, 0.2) is 36.4 Å². The van der Waals surface area contributed by atoms with E-state index in [-0.39, 0.29) is 5.02 Å². The van der Waals surface area contributed by atoms with Crippen LogP contribution < -0.4 is 10.1 Å². The summed E-state index contributed by atoms with van der Waals surface area (Å²) >= 11 is 5.78. The molecule has 0 atom stereocenters. The number of ether oxygens (including phenoxy) is 1. The van der Waals surface area contributed by atoms with Crippen molar-refractivity contribution in [2.45, 2.75) is 12.4 Å². The number of alkyl halides is 6. The molecule has 0 aromatic heterocycles. The van der Waals surface area contributed by atoms with Crippen molar-refractivity contribution >= 4 is 28.9 Å². The summed E-state index contributed by atoms with van der Waals surface area (Å²) in [6.45, 7) is -1.82. The van der Waals surface area contributed by atoms with Gasteiger partial charge in [0.15, 0.2) is 6.61 Å². The zero-order chi connectivity index (χ0) is 22.0. The predicted octanol–water partition coefficient (Wildman–Crippen LogP) is 5.46. The van der Waals surface area contributed by atoms with E-state index < -0.39 is 58.0 Å². The highest BCUT2D eigenvalue weighted by Gasteiger charge is 2.33. The minimum absolute atomic E-state index is 0.266. The maximum atomic E-state index is 12.9. The van der Waals surface area contributed by atoms with Crippen LogP contribution in [0.25, 0.3) is 0 Å².